The van der Waals surface area contributed by atoms with Crippen LogP contribution in [0.2, 0.25) is 0 Å². The number of likely N-dealkylation sites (tertiary alicyclic amines) is 1. The number of amides is 1. The number of aromatic nitrogens is 2. The highest BCUT2D eigenvalue weighted by atomic mass is 19.1. The monoisotopic (exact) mass is 670 g/mol. The van der Waals surface area contributed by atoms with Crippen molar-refractivity contribution < 1.29 is 9.18 Å². The summed E-state index contributed by atoms with van der Waals surface area (Å²) in [6.45, 7) is 21.6. The predicted octanol–water partition coefficient (Wildman–Crippen LogP) is 11.3. The first kappa shape index (κ1) is 33.9. The van der Waals surface area contributed by atoms with Crippen LogP contribution in [0.1, 0.15) is 144 Å². The molecule has 0 unspecified atom stereocenters. The molecule has 4 nitrogen and oxygen atoms in total. The summed E-state index contributed by atoms with van der Waals surface area (Å²) in [7, 11) is 0. The van der Waals surface area contributed by atoms with E-state index >= 15 is 4.79 Å². The van der Waals surface area contributed by atoms with E-state index in [0.717, 1.165) is 67.1 Å². The second kappa shape index (κ2) is 11.4. The Morgan fingerprint density at radius 2 is 1.63 bits per heavy atom. The van der Waals surface area contributed by atoms with Gasteiger partial charge in [-0.15, -0.1) is 0 Å². The molecule has 5 aliphatic carbocycles. The summed E-state index contributed by atoms with van der Waals surface area (Å²) in [6, 6.07) is 6.59. The Balaban J connectivity index is 1.11. The number of rotatable bonds is 4. The second-order valence-electron chi connectivity index (χ2n) is 19.9. The molecule has 0 bridgehead atoms. The standard InChI is InChI=1S/C44H64FN3O/c1-27(2)31-18-22-44(39(49)48-25-9-10-34(48)38-46-26-33(47-38)29-11-13-30(45)14-12-29)24-23-42(7)32(37(31)44)15-16-36-41(6)20-17-28(3)40(4,5)35(41)19-21-43(36,42)8/h11-14,26-28,31-32,34-37H,9-10,15-25H2,1-8H3,(H,46,47)/t28-,31-,32+,34-,35-,36+,37+,41-,42+,43+,44-/m0/s1. The summed E-state index contributed by atoms with van der Waals surface area (Å²) in [5, 5.41) is 0. The van der Waals surface area contributed by atoms with Gasteiger partial charge in [0.15, 0.2) is 0 Å². The van der Waals surface area contributed by atoms with Gasteiger partial charge in [-0.3, -0.25) is 4.79 Å². The minimum absolute atomic E-state index is 0.0105. The molecule has 0 spiro atoms. The first-order valence-electron chi connectivity index (χ1n) is 20.3. The van der Waals surface area contributed by atoms with E-state index in [-0.39, 0.29) is 22.7 Å². The Hall–Kier alpha value is -2.17. The lowest BCUT2D eigenvalue weighted by Gasteiger charge is -2.73. The van der Waals surface area contributed by atoms with Crippen LogP contribution >= 0.6 is 0 Å². The van der Waals surface area contributed by atoms with Crippen molar-refractivity contribution in [1.29, 1.82) is 0 Å². The van der Waals surface area contributed by atoms with Crippen molar-refractivity contribution in [1.82, 2.24) is 14.9 Å². The number of H-pyrrole nitrogens is 1. The molecule has 1 amide bonds. The Morgan fingerprint density at radius 3 is 2.37 bits per heavy atom. The zero-order valence-electron chi connectivity index (χ0n) is 31.9. The van der Waals surface area contributed by atoms with Gasteiger partial charge in [-0.2, -0.15) is 0 Å². The third-order valence-electron chi connectivity index (χ3n) is 17.9. The smallest absolute Gasteiger partial charge is 0.229 e. The van der Waals surface area contributed by atoms with Crippen LogP contribution in [-0.4, -0.2) is 27.3 Å². The zero-order valence-corrected chi connectivity index (χ0v) is 31.9. The molecule has 1 aromatic carbocycles. The number of benzene rings is 1. The average Bonchev–Trinajstić information content (AvgIpc) is 3.82. The van der Waals surface area contributed by atoms with Crippen LogP contribution in [0.4, 0.5) is 4.39 Å². The fourth-order valence-electron chi connectivity index (χ4n) is 14.8. The van der Waals surface area contributed by atoms with Gasteiger partial charge in [0.25, 0.3) is 0 Å². The highest BCUT2D eigenvalue weighted by molar-refractivity contribution is 5.84. The van der Waals surface area contributed by atoms with Crippen LogP contribution < -0.4 is 0 Å². The van der Waals surface area contributed by atoms with Gasteiger partial charge in [-0.25, -0.2) is 9.37 Å². The van der Waals surface area contributed by atoms with E-state index in [1.165, 1.54) is 63.5 Å². The fourth-order valence-corrected chi connectivity index (χ4v) is 14.8. The van der Waals surface area contributed by atoms with E-state index in [1.807, 2.05) is 6.20 Å². The van der Waals surface area contributed by atoms with E-state index in [4.69, 9.17) is 4.98 Å². The maximum absolute atomic E-state index is 15.4. The van der Waals surface area contributed by atoms with Crippen molar-refractivity contribution in [2.24, 2.45) is 68.5 Å². The first-order valence-corrected chi connectivity index (χ1v) is 20.3. The van der Waals surface area contributed by atoms with Crippen molar-refractivity contribution in [3.63, 3.8) is 0 Å². The molecule has 1 aromatic heterocycles. The maximum atomic E-state index is 15.4. The number of nitrogens with zero attached hydrogens (tertiary/aromatic N) is 2. The summed E-state index contributed by atoms with van der Waals surface area (Å²) in [5.74, 6) is 5.80. The Bertz CT molecular complexity index is 1580. The van der Waals surface area contributed by atoms with Gasteiger partial charge in [0.1, 0.15) is 11.6 Å². The molecule has 2 heterocycles. The number of hydrogen-bond donors (Lipinski definition) is 1. The lowest BCUT2D eigenvalue weighted by atomic mass is 9.32. The lowest BCUT2D eigenvalue weighted by molar-refractivity contribution is -0.243. The summed E-state index contributed by atoms with van der Waals surface area (Å²) in [6.07, 6.45) is 16.5. The van der Waals surface area contributed by atoms with Gasteiger partial charge in [0, 0.05) is 6.54 Å². The zero-order chi connectivity index (χ0) is 34.7. The largest absolute Gasteiger partial charge is 0.340 e. The molecule has 5 saturated carbocycles. The summed E-state index contributed by atoms with van der Waals surface area (Å²) < 4.78 is 13.6. The fraction of sp³-hybridized carbons (Fsp3) is 0.773. The van der Waals surface area contributed by atoms with E-state index in [9.17, 15) is 4.39 Å². The molecule has 8 rings (SSSR count). The molecule has 49 heavy (non-hydrogen) atoms. The van der Waals surface area contributed by atoms with Crippen molar-refractivity contribution in [2.45, 2.75) is 138 Å². The van der Waals surface area contributed by atoms with Crippen molar-refractivity contribution in [3.05, 3.63) is 42.1 Å². The van der Waals surface area contributed by atoms with Crippen LogP contribution in [0.3, 0.4) is 0 Å². The van der Waals surface area contributed by atoms with Crippen LogP contribution in [0.5, 0.6) is 0 Å². The molecular formula is C44H64FN3O. The third kappa shape index (κ3) is 4.63. The van der Waals surface area contributed by atoms with Gasteiger partial charge < -0.3 is 9.88 Å². The summed E-state index contributed by atoms with van der Waals surface area (Å²) in [5.41, 5.74) is 3.01. The normalized spacial score (nSPS) is 44.3. The van der Waals surface area contributed by atoms with E-state index < -0.39 is 0 Å². The Morgan fingerprint density at radius 1 is 0.878 bits per heavy atom. The number of carbonyl (C=O) groups is 1. The van der Waals surface area contributed by atoms with E-state index in [1.54, 1.807) is 12.1 Å². The van der Waals surface area contributed by atoms with Gasteiger partial charge in [-0.1, -0.05) is 55.4 Å². The number of hydrogen-bond acceptors (Lipinski definition) is 2. The number of carbonyl (C=O) groups excluding carboxylic acids is 1. The SMILES string of the molecule is CC(C)[C@@H]1CC[C@]2(C(=O)N3CCC[C@H]3c3ncc(-c4ccc(F)cc4)[nH]3)CC[C@]3(C)[C@H](CC[C@@H]4[C@@]5(C)CC[C@H](C)C(C)(C)[C@@H]5CC[C@]43C)[C@@H]12. The number of imidazole rings is 1. The predicted molar refractivity (Wildman–Crippen MR) is 196 cm³/mol. The maximum Gasteiger partial charge on any atom is 0.229 e. The highest BCUT2D eigenvalue weighted by Gasteiger charge is 2.72. The van der Waals surface area contributed by atoms with Gasteiger partial charge >= 0.3 is 0 Å². The van der Waals surface area contributed by atoms with Crippen molar-refractivity contribution >= 4 is 5.91 Å². The second-order valence-corrected chi connectivity index (χ2v) is 19.9. The minimum Gasteiger partial charge on any atom is -0.340 e. The van der Waals surface area contributed by atoms with E-state index in [2.05, 4.69) is 65.3 Å². The lowest BCUT2D eigenvalue weighted by Crippen LogP contribution is -2.67. The molecule has 268 valence electrons. The molecule has 1 aliphatic heterocycles. The molecule has 1 N–H and O–H groups in total. The molecule has 6 aliphatic rings. The minimum atomic E-state index is -0.249. The topological polar surface area (TPSA) is 49.0 Å². The first-order chi connectivity index (χ1) is 23.2. The number of nitrogens with one attached hydrogen (secondary N) is 1. The summed E-state index contributed by atoms with van der Waals surface area (Å²) >= 11 is 0. The molecule has 1 saturated heterocycles. The Labute approximate surface area is 296 Å². The van der Waals surface area contributed by atoms with Gasteiger partial charge in [0.05, 0.1) is 23.3 Å². The van der Waals surface area contributed by atoms with E-state index in [0.29, 0.717) is 45.8 Å². The quantitative estimate of drug-likeness (QED) is 0.352. The van der Waals surface area contributed by atoms with Crippen molar-refractivity contribution in [2.75, 3.05) is 6.54 Å². The van der Waals surface area contributed by atoms with Gasteiger partial charge in [-0.05, 0) is 170 Å². The summed E-state index contributed by atoms with van der Waals surface area (Å²) in [4.78, 5) is 26.1. The average molecular weight is 670 g/mol. The molecule has 11 atom stereocenters. The van der Waals surface area contributed by atoms with Crippen LogP contribution in [0.15, 0.2) is 30.5 Å². The number of fused-ring (bicyclic) bond motifs is 7. The van der Waals surface area contributed by atoms with Crippen LogP contribution in [0.25, 0.3) is 11.3 Å². The number of aromatic amines is 1. The van der Waals surface area contributed by atoms with Gasteiger partial charge in [0.2, 0.25) is 5.91 Å². The molecule has 6 fully saturated rings. The van der Waals surface area contributed by atoms with Crippen molar-refractivity contribution in [3.8, 4) is 11.3 Å². The van der Waals surface area contributed by atoms with Crippen LogP contribution in [-0.2, 0) is 4.79 Å². The highest BCUT2D eigenvalue weighted by Crippen LogP contribution is 2.78. The molecule has 0 radical (unpaired) electrons. The Kier molecular flexibility index (Phi) is 7.91. The molecular weight excluding hydrogens is 606 g/mol. The third-order valence-corrected chi connectivity index (χ3v) is 17.9. The molecule has 2 aromatic rings. The molecule has 5 heteroatoms. The number of halogens is 1. The van der Waals surface area contributed by atoms with Crippen LogP contribution in [0, 0.1) is 74.3 Å².